The number of benzene rings is 2. The fourth-order valence-corrected chi connectivity index (χ4v) is 4.67. The molecule has 1 atom stereocenters. The number of carbonyl (C=O) groups is 1. The molecule has 1 unspecified atom stereocenters. The minimum atomic E-state index is -1.26. The van der Waals surface area contributed by atoms with E-state index in [1.165, 1.54) is 25.1 Å². The quantitative estimate of drug-likeness (QED) is 0.610. The Morgan fingerprint density at radius 3 is 2.76 bits per heavy atom. The maximum Gasteiger partial charge on any atom is 0.341 e. The van der Waals surface area contributed by atoms with Crippen LogP contribution in [0.5, 0.6) is 17.2 Å². The van der Waals surface area contributed by atoms with Gasteiger partial charge in [-0.1, -0.05) is 43.2 Å². The highest BCUT2D eigenvalue weighted by Crippen LogP contribution is 2.51. The normalized spacial score (nSPS) is 17.9. The number of aromatic carboxylic acids is 1. The monoisotopic (exact) mass is 445 g/mol. The van der Waals surface area contributed by atoms with E-state index in [9.17, 15) is 14.7 Å². The van der Waals surface area contributed by atoms with Crippen molar-refractivity contribution in [3.8, 4) is 28.5 Å². The Balaban J connectivity index is 1.52. The second-order valence-corrected chi connectivity index (χ2v) is 8.76. The van der Waals surface area contributed by atoms with Crippen molar-refractivity contribution in [2.24, 2.45) is 5.92 Å². The number of pyridine rings is 1. The molecule has 1 aromatic heterocycles. The molecular weight excluding hydrogens is 422 g/mol. The van der Waals surface area contributed by atoms with Gasteiger partial charge in [0.2, 0.25) is 6.23 Å². The summed E-state index contributed by atoms with van der Waals surface area (Å²) in [5, 5.41) is 9.55. The van der Waals surface area contributed by atoms with Gasteiger partial charge in [0.1, 0.15) is 11.3 Å². The van der Waals surface area contributed by atoms with Crippen LogP contribution in [-0.4, -0.2) is 28.9 Å². The zero-order valence-corrected chi connectivity index (χ0v) is 18.0. The minimum absolute atomic E-state index is 0.292. The molecule has 0 bridgehead atoms. The Bertz CT molecular complexity index is 1310. The highest BCUT2D eigenvalue weighted by Gasteiger charge is 2.34. The fourth-order valence-electron chi connectivity index (χ4n) is 4.67. The summed E-state index contributed by atoms with van der Waals surface area (Å²) in [6, 6.07) is 12.8. The summed E-state index contributed by atoms with van der Waals surface area (Å²) in [5.74, 6) is 1.45. The Morgan fingerprint density at radius 2 is 2.00 bits per heavy atom. The molecule has 1 aliphatic carbocycles. The third-order valence-electron chi connectivity index (χ3n) is 6.53. The predicted octanol–water partition coefficient (Wildman–Crippen LogP) is 4.27. The topological polar surface area (TPSA) is 87.0 Å². The number of ether oxygens (including phenoxy) is 3. The molecule has 2 aliphatic heterocycles. The molecule has 7 nitrogen and oxygen atoms in total. The van der Waals surface area contributed by atoms with Gasteiger partial charge in [-0.05, 0) is 12.3 Å². The first-order chi connectivity index (χ1) is 16.1. The summed E-state index contributed by atoms with van der Waals surface area (Å²) >= 11 is 0. The van der Waals surface area contributed by atoms with Crippen molar-refractivity contribution >= 4 is 5.97 Å². The molecule has 6 rings (SSSR count). The zero-order chi connectivity index (χ0) is 22.5. The van der Waals surface area contributed by atoms with E-state index in [4.69, 9.17) is 14.2 Å². The van der Waals surface area contributed by atoms with Gasteiger partial charge in [-0.25, -0.2) is 4.79 Å². The van der Waals surface area contributed by atoms with E-state index < -0.39 is 17.6 Å². The van der Waals surface area contributed by atoms with Crippen LogP contribution in [0.3, 0.4) is 0 Å². The van der Waals surface area contributed by atoms with Crippen LogP contribution in [0.15, 0.2) is 53.5 Å². The van der Waals surface area contributed by atoms with Crippen molar-refractivity contribution in [3.63, 3.8) is 0 Å². The average Bonchev–Trinajstić information content (AvgIpc) is 3.51. The van der Waals surface area contributed by atoms with E-state index in [0.717, 1.165) is 29.0 Å². The SMILES string of the molecule is O=C(O)c1cn2c(cc1=O)-c1c(cc(OCCC3CC3)c3c1CCO3)OC2c1ccccc1. The van der Waals surface area contributed by atoms with Gasteiger partial charge in [0.15, 0.2) is 16.9 Å². The second kappa shape index (κ2) is 7.69. The molecule has 0 saturated heterocycles. The lowest BCUT2D eigenvalue weighted by Gasteiger charge is -2.33. The Kier molecular flexibility index (Phi) is 4.64. The van der Waals surface area contributed by atoms with Crippen molar-refractivity contribution in [2.75, 3.05) is 13.2 Å². The molecule has 3 heterocycles. The first-order valence-electron chi connectivity index (χ1n) is 11.3. The van der Waals surface area contributed by atoms with E-state index in [1.807, 2.05) is 36.4 Å². The first-order valence-corrected chi connectivity index (χ1v) is 11.3. The predicted molar refractivity (Wildman–Crippen MR) is 120 cm³/mol. The molecular formula is C26H23NO6. The number of aromatic nitrogens is 1. The Morgan fingerprint density at radius 1 is 1.18 bits per heavy atom. The van der Waals surface area contributed by atoms with Gasteiger partial charge in [-0.2, -0.15) is 0 Å². The summed E-state index contributed by atoms with van der Waals surface area (Å²) in [6.07, 6.45) is 4.98. The first kappa shape index (κ1) is 19.9. The summed E-state index contributed by atoms with van der Waals surface area (Å²) in [7, 11) is 0. The average molecular weight is 445 g/mol. The van der Waals surface area contributed by atoms with Crippen LogP contribution < -0.4 is 19.6 Å². The van der Waals surface area contributed by atoms with Crippen LogP contribution in [0.1, 0.15) is 47.0 Å². The lowest BCUT2D eigenvalue weighted by Crippen LogP contribution is -2.28. The summed E-state index contributed by atoms with van der Waals surface area (Å²) < 4.78 is 20.2. The smallest absolute Gasteiger partial charge is 0.341 e. The van der Waals surface area contributed by atoms with Crippen LogP contribution in [-0.2, 0) is 6.42 Å². The maximum absolute atomic E-state index is 12.7. The van der Waals surface area contributed by atoms with Gasteiger partial charge in [0.25, 0.3) is 0 Å². The summed E-state index contributed by atoms with van der Waals surface area (Å²) in [6.45, 7) is 1.14. The highest BCUT2D eigenvalue weighted by atomic mass is 16.5. The van der Waals surface area contributed by atoms with Crippen molar-refractivity contribution < 1.29 is 24.1 Å². The second-order valence-electron chi connectivity index (χ2n) is 8.76. The number of hydrogen-bond acceptors (Lipinski definition) is 5. The van der Waals surface area contributed by atoms with Crippen LogP contribution >= 0.6 is 0 Å². The van der Waals surface area contributed by atoms with Gasteiger partial charge in [-0.3, -0.25) is 4.79 Å². The van der Waals surface area contributed by atoms with Crippen LogP contribution in [0, 0.1) is 5.92 Å². The number of carboxylic acids is 1. The number of nitrogens with zero attached hydrogens (tertiary/aromatic N) is 1. The molecule has 7 heteroatoms. The van der Waals surface area contributed by atoms with Crippen molar-refractivity contribution in [1.82, 2.24) is 4.57 Å². The molecule has 0 spiro atoms. The van der Waals surface area contributed by atoms with E-state index in [2.05, 4.69) is 0 Å². The Labute approximate surface area is 190 Å². The molecule has 1 N–H and O–H groups in total. The van der Waals surface area contributed by atoms with Crippen LogP contribution in [0.4, 0.5) is 0 Å². The van der Waals surface area contributed by atoms with E-state index in [0.29, 0.717) is 42.6 Å². The van der Waals surface area contributed by atoms with Crippen molar-refractivity contribution in [3.05, 3.63) is 75.6 Å². The van der Waals surface area contributed by atoms with E-state index >= 15 is 0 Å². The highest BCUT2D eigenvalue weighted by molar-refractivity contribution is 5.88. The van der Waals surface area contributed by atoms with Crippen molar-refractivity contribution in [2.45, 2.75) is 31.9 Å². The van der Waals surface area contributed by atoms with Crippen molar-refractivity contribution in [1.29, 1.82) is 0 Å². The lowest BCUT2D eigenvalue weighted by molar-refractivity contribution is 0.0693. The fraction of sp³-hybridized carbons (Fsp3) is 0.308. The molecule has 0 amide bonds. The van der Waals surface area contributed by atoms with Gasteiger partial charge >= 0.3 is 5.97 Å². The molecule has 0 radical (unpaired) electrons. The number of hydrogen-bond donors (Lipinski definition) is 1. The third-order valence-corrected chi connectivity index (χ3v) is 6.53. The third kappa shape index (κ3) is 3.44. The number of rotatable bonds is 6. The molecule has 1 fully saturated rings. The van der Waals surface area contributed by atoms with Crippen LogP contribution in [0.25, 0.3) is 11.3 Å². The largest absolute Gasteiger partial charge is 0.490 e. The number of fused-ring (bicyclic) bond motifs is 5. The van der Waals surface area contributed by atoms with Crippen LogP contribution in [0.2, 0.25) is 0 Å². The molecule has 3 aromatic rings. The van der Waals surface area contributed by atoms with Gasteiger partial charge < -0.3 is 23.9 Å². The minimum Gasteiger partial charge on any atom is -0.490 e. The molecule has 33 heavy (non-hydrogen) atoms. The lowest BCUT2D eigenvalue weighted by atomic mass is 9.97. The maximum atomic E-state index is 12.7. The summed E-state index contributed by atoms with van der Waals surface area (Å²) in [4.78, 5) is 24.4. The molecule has 1 saturated carbocycles. The standard InChI is InChI=1S/C26H23NO6/c28-20-12-19-23-17-9-11-32-24(17)22(31-10-8-15-6-7-15)13-21(23)33-25(16-4-2-1-3-5-16)27(19)14-18(20)26(29)30/h1-5,12-15,25H,6-11H2,(H,29,30). The molecule has 2 aromatic carbocycles. The van der Waals surface area contributed by atoms with Gasteiger partial charge in [-0.15, -0.1) is 0 Å². The number of carboxylic acid groups (broad SMARTS) is 1. The summed E-state index contributed by atoms with van der Waals surface area (Å²) in [5.41, 5.74) is 2.32. The molecule has 3 aliphatic rings. The van der Waals surface area contributed by atoms with Gasteiger partial charge in [0, 0.05) is 41.4 Å². The molecule has 168 valence electrons. The van der Waals surface area contributed by atoms with E-state index in [-0.39, 0.29) is 5.56 Å². The van der Waals surface area contributed by atoms with E-state index in [1.54, 1.807) is 4.57 Å². The van der Waals surface area contributed by atoms with Gasteiger partial charge in [0.05, 0.1) is 18.9 Å². The Hall–Kier alpha value is -3.74. The zero-order valence-electron chi connectivity index (χ0n) is 18.0.